The van der Waals surface area contributed by atoms with Gasteiger partial charge >= 0.3 is 0 Å². The van der Waals surface area contributed by atoms with E-state index < -0.39 is 0 Å². The van der Waals surface area contributed by atoms with E-state index in [1.807, 2.05) is 41.0 Å². The number of fused-ring (bicyclic) bond motifs is 3. The molecule has 3 aromatic heterocycles. The average molecular weight is 295 g/mol. The smallest absolute Gasteiger partial charge is 0.109 e. The van der Waals surface area contributed by atoms with Crippen LogP contribution in [0.4, 0.5) is 0 Å². The minimum absolute atomic E-state index is 0.642. The molecule has 3 heterocycles. The van der Waals surface area contributed by atoms with Crippen LogP contribution in [-0.2, 0) is 6.54 Å². The number of hydrogen-bond donors (Lipinski definition) is 0. The molecule has 5 heteroatoms. The molecule has 1 aromatic carbocycles. The van der Waals surface area contributed by atoms with Crippen LogP contribution in [0, 0.1) is 0 Å². The first-order chi connectivity index (χ1) is 10.3. The van der Waals surface area contributed by atoms with Gasteiger partial charge in [-0.1, -0.05) is 23.7 Å². The molecule has 0 atom stereocenters. The summed E-state index contributed by atoms with van der Waals surface area (Å²) in [5.41, 5.74) is 3.61. The first-order valence-electron chi connectivity index (χ1n) is 6.61. The number of nitrogens with zero attached hydrogens (tertiary/aromatic N) is 4. The highest BCUT2D eigenvalue weighted by Gasteiger charge is 2.12. The van der Waals surface area contributed by atoms with E-state index in [2.05, 4.69) is 15.0 Å². The Kier molecular flexibility index (Phi) is 2.82. The number of aromatic nitrogens is 4. The summed E-state index contributed by atoms with van der Waals surface area (Å²) < 4.78 is 2.04. The lowest BCUT2D eigenvalue weighted by Crippen LogP contribution is -2.00. The molecule has 0 saturated heterocycles. The number of hydrogen-bond acceptors (Lipinski definition) is 3. The van der Waals surface area contributed by atoms with Gasteiger partial charge in [-0.05, 0) is 24.3 Å². The quantitative estimate of drug-likeness (QED) is 0.566. The van der Waals surface area contributed by atoms with Crippen LogP contribution in [0.5, 0.6) is 0 Å². The minimum atomic E-state index is 0.642. The topological polar surface area (TPSA) is 43.6 Å². The van der Waals surface area contributed by atoms with Crippen LogP contribution in [0.25, 0.3) is 21.9 Å². The summed E-state index contributed by atoms with van der Waals surface area (Å²) in [6.07, 6.45) is 5.37. The number of rotatable bonds is 2. The summed E-state index contributed by atoms with van der Waals surface area (Å²) in [7, 11) is 0. The Morgan fingerprint density at radius 3 is 2.71 bits per heavy atom. The number of pyridine rings is 2. The van der Waals surface area contributed by atoms with Crippen LogP contribution in [0.15, 0.2) is 55.1 Å². The second-order valence-electron chi connectivity index (χ2n) is 4.82. The fourth-order valence-corrected chi connectivity index (χ4v) is 2.78. The third-order valence-electron chi connectivity index (χ3n) is 3.47. The maximum atomic E-state index is 6.33. The zero-order valence-corrected chi connectivity index (χ0v) is 11.8. The fourth-order valence-electron chi connectivity index (χ4n) is 2.53. The van der Waals surface area contributed by atoms with Crippen molar-refractivity contribution in [3.8, 4) is 0 Å². The summed E-state index contributed by atoms with van der Waals surface area (Å²) in [6, 6.07) is 11.7. The Labute approximate surface area is 126 Å². The molecular weight excluding hydrogens is 284 g/mol. The summed E-state index contributed by atoms with van der Waals surface area (Å²) in [5, 5.41) is 1.66. The summed E-state index contributed by atoms with van der Waals surface area (Å²) in [6.45, 7) is 0.642. The maximum Gasteiger partial charge on any atom is 0.109 e. The van der Waals surface area contributed by atoms with Crippen molar-refractivity contribution in [1.29, 1.82) is 0 Å². The van der Waals surface area contributed by atoms with E-state index in [0.717, 1.165) is 27.6 Å². The van der Waals surface area contributed by atoms with Crippen molar-refractivity contribution >= 4 is 33.5 Å². The van der Waals surface area contributed by atoms with Gasteiger partial charge in [-0.25, -0.2) is 4.98 Å². The zero-order valence-electron chi connectivity index (χ0n) is 11.1. The summed E-state index contributed by atoms with van der Waals surface area (Å²) in [4.78, 5) is 13.3. The Hall–Kier alpha value is -2.46. The molecule has 0 amide bonds. The number of imidazole rings is 1. The van der Waals surface area contributed by atoms with Gasteiger partial charge in [0.2, 0.25) is 0 Å². The van der Waals surface area contributed by atoms with Crippen LogP contribution < -0.4 is 0 Å². The molecule has 4 rings (SSSR count). The number of benzene rings is 1. The van der Waals surface area contributed by atoms with Crippen molar-refractivity contribution in [2.75, 3.05) is 0 Å². The van der Waals surface area contributed by atoms with Crippen molar-refractivity contribution < 1.29 is 0 Å². The molecule has 4 aromatic rings. The first kappa shape index (κ1) is 12.3. The lowest BCUT2D eigenvalue weighted by atomic mass is 10.2. The van der Waals surface area contributed by atoms with Crippen LogP contribution in [0.1, 0.15) is 5.69 Å². The van der Waals surface area contributed by atoms with Crippen LogP contribution >= 0.6 is 11.6 Å². The van der Waals surface area contributed by atoms with Crippen molar-refractivity contribution in [3.63, 3.8) is 0 Å². The van der Waals surface area contributed by atoms with Gasteiger partial charge in [0.05, 0.1) is 34.6 Å². The van der Waals surface area contributed by atoms with Crippen LogP contribution in [0.2, 0.25) is 5.02 Å². The summed E-state index contributed by atoms with van der Waals surface area (Å²) in [5.74, 6) is 0. The van der Waals surface area contributed by atoms with E-state index in [1.165, 1.54) is 0 Å². The van der Waals surface area contributed by atoms with E-state index in [9.17, 15) is 0 Å². The van der Waals surface area contributed by atoms with Gasteiger partial charge in [-0.2, -0.15) is 0 Å². The van der Waals surface area contributed by atoms with Gasteiger partial charge in [0.1, 0.15) is 5.52 Å². The van der Waals surface area contributed by atoms with Gasteiger partial charge in [0, 0.05) is 17.8 Å². The zero-order chi connectivity index (χ0) is 14.2. The lowest BCUT2D eigenvalue weighted by Gasteiger charge is -2.06. The molecule has 102 valence electrons. The van der Waals surface area contributed by atoms with Gasteiger partial charge < -0.3 is 4.57 Å². The van der Waals surface area contributed by atoms with E-state index in [-0.39, 0.29) is 0 Å². The highest BCUT2D eigenvalue weighted by molar-refractivity contribution is 6.36. The van der Waals surface area contributed by atoms with Crippen LogP contribution in [0.3, 0.4) is 0 Å². The molecule has 0 bridgehead atoms. The molecule has 0 aliphatic heterocycles. The normalized spacial score (nSPS) is 11.3. The summed E-state index contributed by atoms with van der Waals surface area (Å²) >= 11 is 6.33. The van der Waals surface area contributed by atoms with Gasteiger partial charge in [0.15, 0.2) is 0 Å². The Morgan fingerprint density at radius 2 is 1.86 bits per heavy atom. The highest BCUT2D eigenvalue weighted by atomic mass is 35.5. The first-order valence-corrected chi connectivity index (χ1v) is 6.99. The molecule has 21 heavy (non-hydrogen) atoms. The molecule has 0 unspecified atom stereocenters. The lowest BCUT2D eigenvalue weighted by molar-refractivity contribution is 0.798. The van der Waals surface area contributed by atoms with Gasteiger partial charge in [-0.15, -0.1) is 0 Å². The predicted molar refractivity (Wildman–Crippen MR) is 83.4 cm³/mol. The van der Waals surface area contributed by atoms with Crippen molar-refractivity contribution in [3.05, 3.63) is 65.8 Å². The van der Waals surface area contributed by atoms with E-state index in [0.29, 0.717) is 11.6 Å². The van der Waals surface area contributed by atoms with Crippen molar-refractivity contribution in [1.82, 2.24) is 19.5 Å². The predicted octanol–water partition coefficient (Wildman–Crippen LogP) is 3.68. The SMILES string of the molecule is Clc1cc2cccnc2c2c1ncn2Cc1ccccn1. The van der Waals surface area contributed by atoms with Gasteiger partial charge in [-0.3, -0.25) is 9.97 Å². The third-order valence-corrected chi connectivity index (χ3v) is 3.76. The molecule has 0 aliphatic carbocycles. The standard InChI is InChI=1S/C16H11ClN4/c17-13-8-11-4-3-7-19-14(11)16-15(13)20-10-21(16)9-12-5-1-2-6-18-12/h1-8,10H,9H2. The average Bonchev–Trinajstić information content (AvgIpc) is 2.93. The molecule has 0 radical (unpaired) electrons. The monoisotopic (exact) mass is 294 g/mol. The van der Waals surface area contributed by atoms with E-state index >= 15 is 0 Å². The van der Waals surface area contributed by atoms with E-state index in [4.69, 9.17) is 11.6 Å². The van der Waals surface area contributed by atoms with E-state index in [1.54, 1.807) is 18.7 Å². The third kappa shape index (κ3) is 2.04. The molecule has 0 N–H and O–H groups in total. The molecule has 4 nitrogen and oxygen atoms in total. The Balaban J connectivity index is 1.98. The maximum absolute atomic E-state index is 6.33. The fraction of sp³-hybridized carbons (Fsp3) is 0.0625. The molecule has 0 fully saturated rings. The second-order valence-corrected chi connectivity index (χ2v) is 5.23. The molecule has 0 aliphatic rings. The van der Waals surface area contributed by atoms with Crippen molar-refractivity contribution in [2.45, 2.75) is 6.54 Å². The molecular formula is C16H11ClN4. The molecule has 0 saturated carbocycles. The Morgan fingerprint density at radius 1 is 0.952 bits per heavy atom. The largest absolute Gasteiger partial charge is 0.323 e. The van der Waals surface area contributed by atoms with Gasteiger partial charge in [0.25, 0.3) is 0 Å². The Bertz CT molecular complexity index is 931. The molecule has 0 spiro atoms. The number of halogens is 1. The highest BCUT2D eigenvalue weighted by Crippen LogP contribution is 2.29. The minimum Gasteiger partial charge on any atom is -0.323 e. The van der Waals surface area contributed by atoms with Crippen molar-refractivity contribution in [2.24, 2.45) is 0 Å². The second kappa shape index (κ2) is 4.82. The van der Waals surface area contributed by atoms with Crippen LogP contribution in [-0.4, -0.2) is 19.5 Å².